The van der Waals surface area contributed by atoms with E-state index in [1.54, 1.807) is 30.3 Å². The lowest BCUT2D eigenvalue weighted by Gasteiger charge is -2.08. The normalized spacial score (nSPS) is 10.5. The molecule has 0 radical (unpaired) electrons. The Bertz CT molecular complexity index is 840. The van der Waals surface area contributed by atoms with E-state index in [9.17, 15) is 8.78 Å². The van der Waals surface area contributed by atoms with Crippen molar-refractivity contribution in [2.75, 3.05) is 5.32 Å². The number of ether oxygens (including phenoxy) is 1. The molecule has 3 rings (SSSR count). The lowest BCUT2D eigenvalue weighted by molar-refractivity contribution is 0.462. The third-order valence-electron chi connectivity index (χ3n) is 3.06. The zero-order valence-electron chi connectivity index (χ0n) is 12.3. The minimum atomic E-state index is -0.625. The molecule has 0 aliphatic rings. The Morgan fingerprint density at radius 1 is 1.00 bits per heavy atom. The van der Waals surface area contributed by atoms with Crippen molar-refractivity contribution < 1.29 is 13.5 Å². The highest BCUT2D eigenvalue weighted by Crippen LogP contribution is 2.23. The molecule has 2 aromatic carbocycles. The first-order valence-corrected chi connectivity index (χ1v) is 7.40. The molecule has 0 unspecified atom stereocenters. The third kappa shape index (κ3) is 4.39. The Morgan fingerprint density at radius 3 is 2.54 bits per heavy atom. The van der Waals surface area contributed by atoms with Gasteiger partial charge in [0, 0.05) is 23.7 Å². The molecule has 0 aliphatic carbocycles. The van der Waals surface area contributed by atoms with Crippen LogP contribution >= 0.6 is 11.6 Å². The fourth-order valence-corrected chi connectivity index (χ4v) is 2.23. The molecular formula is C17H12ClF2N3O. The van der Waals surface area contributed by atoms with Gasteiger partial charge in [-0.05, 0) is 35.9 Å². The van der Waals surface area contributed by atoms with Crippen LogP contribution in [0.2, 0.25) is 5.02 Å². The highest BCUT2D eigenvalue weighted by Gasteiger charge is 2.04. The van der Waals surface area contributed by atoms with Crippen LogP contribution in [0.1, 0.15) is 5.56 Å². The van der Waals surface area contributed by atoms with E-state index in [1.807, 2.05) is 0 Å². The first-order valence-electron chi connectivity index (χ1n) is 7.03. The standard InChI is InChI=1S/C17H12ClF2N3O/c18-12-2-1-3-15(6-12)24-17-8-16(22-10-23-17)21-9-11-4-13(19)7-14(20)5-11/h1-8,10H,9H2,(H,21,22,23). The minimum Gasteiger partial charge on any atom is -0.439 e. The number of nitrogens with zero attached hydrogens (tertiary/aromatic N) is 2. The maximum absolute atomic E-state index is 13.2. The lowest BCUT2D eigenvalue weighted by atomic mass is 10.2. The van der Waals surface area contributed by atoms with Gasteiger partial charge in [-0.15, -0.1) is 0 Å². The highest BCUT2D eigenvalue weighted by molar-refractivity contribution is 6.30. The van der Waals surface area contributed by atoms with Crippen molar-refractivity contribution in [2.24, 2.45) is 0 Å². The summed E-state index contributed by atoms with van der Waals surface area (Å²) in [5.74, 6) is 0.0742. The van der Waals surface area contributed by atoms with Crippen molar-refractivity contribution in [3.05, 3.63) is 77.1 Å². The summed E-state index contributed by atoms with van der Waals surface area (Å²) in [7, 11) is 0. The molecule has 4 nitrogen and oxygen atoms in total. The second-order valence-electron chi connectivity index (χ2n) is 4.93. The molecule has 7 heteroatoms. The maximum atomic E-state index is 13.2. The molecule has 0 amide bonds. The predicted octanol–water partition coefficient (Wildman–Crippen LogP) is 4.81. The van der Waals surface area contributed by atoms with Crippen molar-refractivity contribution >= 4 is 17.4 Å². The molecule has 0 saturated carbocycles. The molecule has 1 N–H and O–H groups in total. The lowest BCUT2D eigenvalue weighted by Crippen LogP contribution is -2.03. The van der Waals surface area contributed by atoms with Gasteiger partial charge in [0.1, 0.15) is 29.5 Å². The largest absolute Gasteiger partial charge is 0.439 e. The Hall–Kier alpha value is -2.73. The van der Waals surface area contributed by atoms with Crippen molar-refractivity contribution in [1.29, 1.82) is 0 Å². The topological polar surface area (TPSA) is 47.0 Å². The SMILES string of the molecule is Fc1cc(F)cc(CNc2cc(Oc3cccc(Cl)c3)ncn2)c1. The molecule has 1 heterocycles. The molecule has 122 valence electrons. The number of aromatic nitrogens is 2. The third-order valence-corrected chi connectivity index (χ3v) is 3.29. The zero-order valence-corrected chi connectivity index (χ0v) is 13.1. The number of hydrogen-bond acceptors (Lipinski definition) is 4. The summed E-state index contributed by atoms with van der Waals surface area (Å²) >= 11 is 5.90. The monoisotopic (exact) mass is 347 g/mol. The van der Waals surface area contributed by atoms with Gasteiger partial charge in [-0.2, -0.15) is 0 Å². The molecule has 0 fully saturated rings. The van der Waals surface area contributed by atoms with E-state index in [0.717, 1.165) is 6.07 Å². The van der Waals surface area contributed by atoms with Crippen molar-refractivity contribution in [3.8, 4) is 11.6 Å². The van der Waals surface area contributed by atoms with Crippen molar-refractivity contribution in [2.45, 2.75) is 6.54 Å². The van der Waals surface area contributed by atoms with Crippen LogP contribution in [0, 0.1) is 11.6 Å². The molecule has 0 aliphatic heterocycles. The number of benzene rings is 2. The summed E-state index contributed by atoms with van der Waals surface area (Å²) in [5, 5.41) is 3.51. The summed E-state index contributed by atoms with van der Waals surface area (Å²) in [6, 6.07) is 11.8. The fraction of sp³-hybridized carbons (Fsp3) is 0.0588. The van der Waals surface area contributed by atoms with Crippen LogP contribution in [0.4, 0.5) is 14.6 Å². The molecular weight excluding hydrogens is 336 g/mol. The molecule has 0 atom stereocenters. The van der Waals surface area contributed by atoms with E-state index in [1.165, 1.54) is 18.5 Å². The second kappa shape index (κ2) is 7.23. The highest BCUT2D eigenvalue weighted by atomic mass is 35.5. The van der Waals surface area contributed by atoms with Gasteiger partial charge in [0.15, 0.2) is 0 Å². The number of rotatable bonds is 5. The van der Waals surface area contributed by atoms with E-state index in [-0.39, 0.29) is 6.54 Å². The van der Waals surface area contributed by atoms with E-state index < -0.39 is 11.6 Å². The summed E-state index contributed by atoms with van der Waals surface area (Å²) in [4.78, 5) is 8.05. The summed E-state index contributed by atoms with van der Waals surface area (Å²) in [6.45, 7) is 0.211. The molecule has 24 heavy (non-hydrogen) atoms. The van der Waals surface area contributed by atoms with Crippen LogP contribution < -0.4 is 10.1 Å². The van der Waals surface area contributed by atoms with Gasteiger partial charge in [-0.1, -0.05) is 17.7 Å². The quantitative estimate of drug-likeness (QED) is 0.719. The van der Waals surface area contributed by atoms with Crippen LogP contribution in [0.5, 0.6) is 11.6 Å². The Kier molecular flexibility index (Phi) is 4.86. The summed E-state index contributed by atoms with van der Waals surface area (Å²) in [6.07, 6.45) is 1.33. The smallest absolute Gasteiger partial charge is 0.224 e. The van der Waals surface area contributed by atoms with Crippen LogP contribution in [0.25, 0.3) is 0 Å². The number of nitrogens with one attached hydrogen (secondary N) is 1. The number of hydrogen-bond donors (Lipinski definition) is 1. The van der Waals surface area contributed by atoms with Crippen LogP contribution in [0.15, 0.2) is 54.9 Å². The van der Waals surface area contributed by atoms with Gasteiger partial charge < -0.3 is 10.1 Å². The van der Waals surface area contributed by atoms with Gasteiger partial charge in [0.25, 0.3) is 0 Å². The van der Waals surface area contributed by atoms with E-state index in [0.29, 0.717) is 28.0 Å². The average Bonchev–Trinajstić information content (AvgIpc) is 2.52. The average molecular weight is 348 g/mol. The van der Waals surface area contributed by atoms with Gasteiger partial charge in [-0.25, -0.2) is 18.7 Å². The molecule has 0 spiro atoms. The Labute approximate surface area is 142 Å². The van der Waals surface area contributed by atoms with E-state index in [4.69, 9.17) is 16.3 Å². The van der Waals surface area contributed by atoms with Crippen LogP contribution in [-0.2, 0) is 6.54 Å². The maximum Gasteiger partial charge on any atom is 0.224 e. The van der Waals surface area contributed by atoms with E-state index >= 15 is 0 Å². The predicted molar refractivity (Wildman–Crippen MR) is 87.2 cm³/mol. The molecule has 1 aromatic heterocycles. The first kappa shape index (κ1) is 16.1. The van der Waals surface area contributed by atoms with Crippen molar-refractivity contribution in [3.63, 3.8) is 0 Å². The van der Waals surface area contributed by atoms with Gasteiger partial charge >= 0.3 is 0 Å². The Morgan fingerprint density at radius 2 is 1.79 bits per heavy atom. The number of halogens is 3. The molecule has 3 aromatic rings. The van der Waals surface area contributed by atoms with Gasteiger partial charge in [0.05, 0.1) is 0 Å². The van der Waals surface area contributed by atoms with Crippen molar-refractivity contribution in [1.82, 2.24) is 9.97 Å². The van der Waals surface area contributed by atoms with Crippen LogP contribution in [0.3, 0.4) is 0 Å². The van der Waals surface area contributed by atoms with Gasteiger partial charge in [-0.3, -0.25) is 0 Å². The molecule has 0 bridgehead atoms. The fourth-order valence-electron chi connectivity index (χ4n) is 2.05. The Balaban J connectivity index is 1.69. The van der Waals surface area contributed by atoms with Gasteiger partial charge in [0.2, 0.25) is 5.88 Å². The molecule has 0 saturated heterocycles. The number of anilines is 1. The summed E-state index contributed by atoms with van der Waals surface area (Å²) in [5.41, 5.74) is 0.462. The summed E-state index contributed by atoms with van der Waals surface area (Å²) < 4.78 is 31.9. The minimum absolute atomic E-state index is 0.211. The second-order valence-corrected chi connectivity index (χ2v) is 5.37. The first-order chi connectivity index (χ1) is 11.6. The zero-order chi connectivity index (χ0) is 16.9. The van der Waals surface area contributed by atoms with Crippen LogP contribution in [-0.4, -0.2) is 9.97 Å². The van der Waals surface area contributed by atoms with E-state index in [2.05, 4.69) is 15.3 Å².